The van der Waals surface area contributed by atoms with Crippen molar-refractivity contribution in [1.29, 1.82) is 0 Å². The Balaban J connectivity index is 1.29. The molecule has 1 atom stereocenters. The van der Waals surface area contributed by atoms with Crippen molar-refractivity contribution in [1.82, 2.24) is 10.6 Å². The van der Waals surface area contributed by atoms with E-state index in [2.05, 4.69) is 10.6 Å². The molecule has 0 bridgehead atoms. The Hall–Kier alpha value is -2.86. The van der Waals surface area contributed by atoms with E-state index in [0.29, 0.717) is 26.1 Å². The van der Waals surface area contributed by atoms with E-state index in [1.165, 1.54) is 0 Å². The number of hydrogen-bond acceptors (Lipinski definition) is 4. The molecular weight excluding hydrogens is 368 g/mol. The third-order valence-electron chi connectivity index (χ3n) is 4.75. The Morgan fingerprint density at radius 3 is 2.48 bits per heavy atom. The van der Waals surface area contributed by atoms with Crippen LogP contribution in [0.3, 0.4) is 0 Å². The molecule has 29 heavy (non-hydrogen) atoms. The van der Waals surface area contributed by atoms with E-state index >= 15 is 0 Å². The zero-order valence-electron chi connectivity index (χ0n) is 16.6. The number of ether oxygens (including phenoxy) is 2. The lowest BCUT2D eigenvalue weighted by Gasteiger charge is -2.12. The average Bonchev–Trinajstić information content (AvgIpc) is 3.26. The summed E-state index contributed by atoms with van der Waals surface area (Å²) in [5.74, 6) is 0.628. The van der Waals surface area contributed by atoms with Crippen LogP contribution in [0.5, 0.6) is 5.75 Å². The molecule has 3 rings (SSSR count). The van der Waals surface area contributed by atoms with Gasteiger partial charge in [0.05, 0.1) is 12.5 Å². The lowest BCUT2D eigenvalue weighted by Crippen LogP contribution is -2.31. The molecule has 6 nitrogen and oxygen atoms in total. The van der Waals surface area contributed by atoms with Crippen molar-refractivity contribution >= 4 is 11.8 Å². The van der Waals surface area contributed by atoms with Crippen molar-refractivity contribution in [2.75, 3.05) is 19.8 Å². The Labute approximate surface area is 171 Å². The van der Waals surface area contributed by atoms with Crippen LogP contribution in [0.25, 0.3) is 0 Å². The smallest absolute Gasteiger partial charge is 0.224 e. The highest BCUT2D eigenvalue weighted by Crippen LogP contribution is 2.16. The zero-order valence-corrected chi connectivity index (χ0v) is 16.6. The summed E-state index contributed by atoms with van der Waals surface area (Å²) in [4.78, 5) is 23.9. The maximum absolute atomic E-state index is 12.0. The van der Waals surface area contributed by atoms with Crippen molar-refractivity contribution in [3.05, 3.63) is 65.7 Å². The highest BCUT2D eigenvalue weighted by atomic mass is 16.5. The minimum absolute atomic E-state index is 0.0809. The zero-order chi connectivity index (χ0) is 20.3. The van der Waals surface area contributed by atoms with E-state index in [1.54, 1.807) is 0 Å². The van der Waals surface area contributed by atoms with Crippen LogP contribution in [0, 0.1) is 0 Å². The summed E-state index contributed by atoms with van der Waals surface area (Å²) in [5, 5.41) is 5.65. The molecule has 2 N–H and O–H groups in total. The molecule has 2 aromatic carbocycles. The Bertz CT molecular complexity index is 771. The first-order chi connectivity index (χ1) is 14.2. The van der Waals surface area contributed by atoms with Crippen molar-refractivity contribution in [2.24, 2.45) is 0 Å². The van der Waals surface area contributed by atoms with Crippen LogP contribution >= 0.6 is 0 Å². The Morgan fingerprint density at radius 1 is 0.966 bits per heavy atom. The number of amides is 2. The third kappa shape index (κ3) is 7.58. The number of carbonyl (C=O) groups is 2. The quantitative estimate of drug-likeness (QED) is 0.647. The molecule has 154 valence electrons. The third-order valence-corrected chi connectivity index (χ3v) is 4.75. The van der Waals surface area contributed by atoms with Crippen molar-refractivity contribution in [3.8, 4) is 5.75 Å². The highest BCUT2D eigenvalue weighted by molar-refractivity contribution is 5.80. The van der Waals surface area contributed by atoms with Gasteiger partial charge in [0.2, 0.25) is 11.8 Å². The first kappa shape index (κ1) is 20.9. The fourth-order valence-electron chi connectivity index (χ4n) is 3.12. The van der Waals surface area contributed by atoms with Crippen LogP contribution in [0.1, 0.15) is 30.4 Å². The second-order valence-corrected chi connectivity index (χ2v) is 7.13. The van der Waals surface area contributed by atoms with E-state index in [4.69, 9.17) is 9.47 Å². The molecular formula is C23H28N2O4. The molecule has 0 spiro atoms. The van der Waals surface area contributed by atoms with Gasteiger partial charge in [0, 0.05) is 26.1 Å². The standard InChI is InChI=1S/C23H28N2O4/c26-22(12-13-24-23(27)15-18-5-2-1-3-6-18)25-16-19-8-10-20(11-9-19)29-17-21-7-4-14-28-21/h1-3,5-6,8-11,21H,4,7,12-17H2,(H,24,27)(H,25,26). The topological polar surface area (TPSA) is 76.7 Å². The summed E-state index contributed by atoms with van der Waals surface area (Å²) in [6.45, 7) is 2.17. The number of carbonyl (C=O) groups excluding carboxylic acids is 2. The van der Waals surface area contributed by atoms with Gasteiger partial charge in [-0.3, -0.25) is 9.59 Å². The van der Waals surface area contributed by atoms with Gasteiger partial charge in [-0.1, -0.05) is 42.5 Å². The SMILES string of the molecule is O=C(CCNC(=O)Cc1ccccc1)NCc1ccc(OCC2CCCO2)cc1. The largest absolute Gasteiger partial charge is 0.491 e. The molecule has 1 unspecified atom stereocenters. The van der Waals surface area contributed by atoms with Gasteiger partial charge in [0.1, 0.15) is 12.4 Å². The normalized spacial score (nSPS) is 15.7. The van der Waals surface area contributed by atoms with Crippen molar-refractivity contribution in [2.45, 2.75) is 38.3 Å². The second-order valence-electron chi connectivity index (χ2n) is 7.13. The van der Waals surface area contributed by atoms with Gasteiger partial charge >= 0.3 is 0 Å². The average molecular weight is 396 g/mol. The number of rotatable bonds is 10. The second kappa shape index (κ2) is 11.2. The summed E-state index contributed by atoms with van der Waals surface area (Å²) in [5.41, 5.74) is 1.95. The number of nitrogens with one attached hydrogen (secondary N) is 2. The molecule has 1 fully saturated rings. The first-order valence-electron chi connectivity index (χ1n) is 10.1. The lowest BCUT2D eigenvalue weighted by atomic mass is 10.1. The van der Waals surface area contributed by atoms with Crippen molar-refractivity contribution < 1.29 is 19.1 Å². The maximum Gasteiger partial charge on any atom is 0.224 e. The summed E-state index contributed by atoms with van der Waals surface area (Å²) < 4.78 is 11.3. The van der Waals surface area contributed by atoms with Gasteiger partial charge in [0.25, 0.3) is 0 Å². The van der Waals surface area contributed by atoms with Gasteiger partial charge in [-0.05, 0) is 36.1 Å². The molecule has 0 aromatic heterocycles. The Kier molecular flexibility index (Phi) is 8.07. The van der Waals surface area contributed by atoms with E-state index in [9.17, 15) is 9.59 Å². The molecule has 1 aliphatic heterocycles. The molecule has 1 aliphatic rings. The van der Waals surface area contributed by atoms with Crippen LogP contribution in [0.2, 0.25) is 0 Å². The summed E-state index contributed by atoms with van der Waals surface area (Å²) in [7, 11) is 0. The highest BCUT2D eigenvalue weighted by Gasteiger charge is 2.15. The predicted molar refractivity (Wildman–Crippen MR) is 111 cm³/mol. The minimum Gasteiger partial charge on any atom is -0.491 e. The predicted octanol–water partition coefficient (Wildman–Crippen LogP) is 2.61. The molecule has 0 saturated carbocycles. The summed E-state index contributed by atoms with van der Waals surface area (Å²) >= 11 is 0. The van der Waals surface area contributed by atoms with E-state index in [-0.39, 0.29) is 24.3 Å². The molecule has 2 aromatic rings. The van der Waals surface area contributed by atoms with Crippen LogP contribution in [-0.4, -0.2) is 37.7 Å². The number of benzene rings is 2. The van der Waals surface area contributed by atoms with Gasteiger partial charge in [0.15, 0.2) is 0 Å². The minimum atomic E-state index is -0.0938. The Morgan fingerprint density at radius 2 is 1.76 bits per heavy atom. The molecule has 0 radical (unpaired) electrons. The van der Waals surface area contributed by atoms with Crippen LogP contribution in [0.15, 0.2) is 54.6 Å². The van der Waals surface area contributed by atoms with Gasteiger partial charge in [-0.25, -0.2) is 0 Å². The molecule has 0 aliphatic carbocycles. The molecule has 1 saturated heterocycles. The first-order valence-corrected chi connectivity index (χ1v) is 10.1. The maximum atomic E-state index is 12.0. The molecule has 2 amide bonds. The lowest BCUT2D eigenvalue weighted by molar-refractivity contribution is -0.122. The van der Waals surface area contributed by atoms with E-state index in [1.807, 2.05) is 54.6 Å². The molecule has 1 heterocycles. The fraction of sp³-hybridized carbons (Fsp3) is 0.391. The van der Waals surface area contributed by atoms with Gasteiger partial charge < -0.3 is 20.1 Å². The van der Waals surface area contributed by atoms with Crippen LogP contribution in [0.4, 0.5) is 0 Å². The van der Waals surface area contributed by atoms with Gasteiger partial charge in [-0.15, -0.1) is 0 Å². The van der Waals surface area contributed by atoms with Crippen LogP contribution in [-0.2, 0) is 27.3 Å². The van der Waals surface area contributed by atoms with Crippen LogP contribution < -0.4 is 15.4 Å². The van der Waals surface area contributed by atoms with Gasteiger partial charge in [-0.2, -0.15) is 0 Å². The monoisotopic (exact) mass is 396 g/mol. The van der Waals surface area contributed by atoms with E-state index < -0.39 is 0 Å². The number of hydrogen-bond donors (Lipinski definition) is 2. The summed E-state index contributed by atoms with van der Waals surface area (Å²) in [6, 6.07) is 17.2. The van der Waals surface area contributed by atoms with Crippen molar-refractivity contribution in [3.63, 3.8) is 0 Å². The van der Waals surface area contributed by atoms with E-state index in [0.717, 1.165) is 36.3 Å². The fourth-order valence-corrected chi connectivity index (χ4v) is 3.12. The molecule has 6 heteroatoms. The summed E-state index contributed by atoms with van der Waals surface area (Å²) in [6.07, 6.45) is 2.93.